The highest BCUT2D eigenvalue weighted by Gasteiger charge is 2.35. The first-order valence-corrected chi connectivity index (χ1v) is 7.69. The van der Waals surface area contributed by atoms with Crippen LogP contribution in [0.3, 0.4) is 0 Å². The van der Waals surface area contributed by atoms with Gasteiger partial charge in [0.1, 0.15) is 0 Å². The van der Waals surface area contributed by atoms with Gasteiger partial charge in [0.25, 0.3) is 0 Å². The Balaban J connectivity index is 1.92. The molecule has 22 heavy (non-hydrogen) atoms. The molecule has 3 heteroatoms. The molecule has 3 rings (SSSR count). The van der Waals surface area contributed by atoms with E-state index in [1.807, 2.05) is 36.4 Å². The minimum Gasteiger partial charge on any atom is -0.407 e. The lowest BCUT2D eigenvalue weighted by Gasteiger charge is -2.34. The van der Waals surface area contributed by atoms with Gasteiger partial charge in [-0.25, -0.2) is 0 Å². The quantitative estimate of drug-likeness (QED) is 0.619. The van der Waals surface area contributed by atoms with Gasteiger partial charge >= 0.3 is 7.12 Å². The molecule has 2 aromatic carbocycles. The fraction of sp³-hybridized carbons (Fsp3) is 0.263. The Morgan fingerprint density at radius 2 is 1.45 bits per heavy atom. The van der Waals surface area contributed by atoms with E-state index in [4.69, 9.17) is 9.31 Å². The standard InChI is InChI=1S/C19H21BO2/c1-19(2)14-21-20(22-15-19)18(17-11-7-4-8-12-17)13-16-9-5-3-6-10-16/h3-13H,14-15H2,1-2H3/b18-13+. The first-order valence-electron chi connectivity index (χ1n) is 7.69. The molecule has 1 heterocycles. The fourth-order valence-electron chi connectivity index (χ4n) is 2.52. The van der Waals surface area contributed by atoms with Gasteiger partial charge in [-0.05, 0) is 16.6 Å². The Bertz CT molecular complexity index is 625. The molecule has 1 fully saturated rings. The van der Waals surface area contributed by atoms with Crippen molar-refractivity contribution in [3.8, 4) is 0 Å². The van der Waals surface area contributed by atoms with E-state index in [2.05, 4.69) is 44.2 Å². The van der Waals surface area contributed by atoms with E-state index in [0.29, 0.717) is 13.2 Å². The van der Waals surface area contributed by atoms with Crippen molar-refractivity contribution in [2.75, 3.05) is 13.2 Å². The Kier molecular flexibility index (Phi) is 4.46. The normalized spacial score (nSPS) is 18.3. The van der Waals surface area contributed by atoms with Crippen LogP contribution in [-0.2, 0) is 9.31 Å². The molecule has 1 saturated heterocycles. The largest absolute Gasteiger partial charge is 0.494 e. The van der Waals surface area contributed by atoms with Crippen LogP contribution in [0, 0.1) is 5.41 Å². The monoisotopic (exact) mass is 292 g/mol. The first-order chi connectivity index (χ1) is 10.6. The Morgan fingerprint density at radius 1 is 0.909 bits per heavy atom. The zero-order valence-corrected chi connectivity index (χ0v) is 13.2. The molecular formula is C19H21BO2. The Morgan fingerprint density at radius 3 is 2.05 bits per heavy atom. The first kappa shape index (κ1) is 15.1. The summed E-state index contributed by atoms with van der Waals surface area (Å²) in [7, 11) is -0.310. The van der Waals surface area contributed by atoms with Crippen LogP contribution < -0.4 is 0 Å². The summed E-state index contributed by atoms with van der Waals surface area (Å²) < 4.78 is 12.0. The summed E-state index contributed by atoms with van der Waals surface area (Å²) in [5.41, 5.74) is 3.43. The predicted molar refractivity (Wildman–Crippen MR) is 92.2 cm³/mol. The average Bonchev–Trinajstić information content (AvgIpc) is 2.55. The van der Waals surface area contributed by atoms with Crippen molar-refractivity contribution in [1.82, 2.24) is 0 Å². The molecule has 0 amide bonds. The smallest absolute Gasteiger partial charge is 0.407 e. The third-order valence-corrected chi connectivity index (χ3v) is 3.73. The summed E-state index contributed by atoms with van der Waals surface area (Å²) in [6.07, 6.45) is 2.15. The number of benzene rings is 2. The summed E-state index contributed by atoms with van der Waals surface area (Å²) in [5, 5.41) is 0. The highest BCUT2D eigenvalue weighted by Crippen LogP contribution is 2.29. The van der Waals surface area contributed by atoms with Crippen molar-refractivity contribution in [2.24, 2.45) is 5.41 Å². The van der Waals surface area contributed by atoms with E-state index in [0.717, 1.165) is 16.6 Å². The van der Waals surface area contributed by atoms with E-state index in [-0.39, 0.29) is 12.5 Å². The fourth-order valence-corrected chi connectivity index (χ4v) is 2.52. The molecule has 2 aromatic rings. The maximum absolute atomic E-state index is 5.99. The van der Waals surface area contributed by atoms with Gasteiger partial charge < -0.3 is 9.31 Å². The number of hydrogen-bond donors (Lipinski definition) is 0. The molecule has 1 aliphatic heterocycles. The van der Waals surface area contributed by atoms with Crippen LogP contribution in [-0.4, -0.2) is 20.3 Å². The molecule has 0 saturated carbocycles. The lowest BCUT2D eigenvalue weighted by atomic mass is 9.71. The predicted octanol–water partition coefficient (Wildman–Crippen LogP) is 4.33. The highest BCUT2D eigenvalue weighted by molar-refractivity contribution is 6.70. The van der Waals surface area contributed by atoms with Crippen LogP contribution in [0.5, 0.6) is 0 Å². The van der Waals surface area contributed by atoms with E-state index in [9.17, 15) is 0 Å². The zero-order valence-electron chi connectivity index (χ0n) is 13.2. The van der Waals surface area contributed by atoms with Gasteiger partial charge in [0.15, 0.2) is 0 Å². The zero-order chi connectivity index (χ0) is 15.4. The summed E-state index contributed by atoms with van der Waals surface area (Å²) >= 11 is 0. The van der Waals surface area contributed by atoms with Crippen molar-refractivity contribution in [2.45, 2.75) is 13.8 Å². The third kappa shape index (κ3) is 3.67. The summed E-state index contributed by atoms with van der Waals surface area (Å²) in [6.45, 7) is 5.73. The Labute approximate surface area is 132 Å². The maximum Gasteiger partial charge on any atom is 0.494 e. The molecule has 0 unspecified atom stereocenters. The SMILES string of the molecule is CC1(C)COB(/C(=C/c2ccccc2)c2ccccc2)OC1. The van der Waals surface area contributed by atoms with Gasteiger partial charge in [0.2, 0.25) is 0 Å². The van der Waals surface area contributed by atoms with Crippen molar-refractivity contribution in [1.29, 1.82) is 0 Å². The summed E-state index contributed by atoms with van der Waals surface area (Å²) in [4.78, 5) is 0. The van der Waals surface area contributed by atoms with Crippen molar-refractivity contribution < 1.29 is 9.31 Å². The molecule has 1 aliphatic rings. The van der Waals surface area contributed by atoms with Crippen LogP contribution in [0.4, 0.5) is 0 Å². The number of hydrogen-bond acceptors (Lipinski definition) is 2. The molecule has 0 atom stereocenters. The van der Waals surface area contributed by atoms with E-state index >= 15 is 0 Å². The number of rotatable bonds is 3. The molecule has 112 valence electrons. The van der Waals surface area contributed by atoms with Crippen molar-refractivity contribution in [3.63, 3.8) is 0 Å². The molecule has 0 aromatic heterocycles. The van der Waals surface area contributed by atoms with E-state index < -0.39 is 0 Å². The minimum atomic E-state index is -0.310. The average molecular weight is 292 g/mol. The van der Waals surface area contributed by atoms with Crippen LogP contribution in [0.2, 0.25) is 0 Å². The van der Waals surface area contributed by atoms with Crippen LogP contribution >= 0.6 is 0 Å². The molecule has 2 nitrogen and oxygen atoms in total. The molecular weight excluding hydrogens is 271 g/mol. The van der Waals surface area contributed by atoms with Crippen LogP contribution in [0.25, 0.3) is 11.5 Å². The van der Waals surface area contributed by atoms with Crippen molar-refractivity contribution in [3.05, 3.63) is 71.8 Å². The Hall–Kier alpha value is -1.84. The van der Waals surface area contributed by atoms with Gasteiger partial charge in [-0.1, -0.05) is 80.6 Å². The highest BCUT2D eigenvalue weighted by atomic mass is 16.6. The second-order valence-corrected chi connectivity index (χ2v) is 6.49. The topological polar surface area (TPSA) is 18.5 Å². The van der Waals surface area contributed by atoms with Gasteiger partial charge in [-0.15, -0.1) is 0 Å². The molecule has 0 radical (unpaired) electrons. The van der Waals surface area contributed by atoms with Gasteiger partial charge in [-0.2, -0.15) is 0 Å². The summed E-state index contributed by atoms with van der Waals surface area (Å²) in [6, 6.07) is 20.6. The van der Waals surface area contributed by atoms with Crippen LogP contribution in [0.1, 0.15) is 25.0 Å². The third-order valence-electron chi connectivity index (χ3n) is 3.73. The second kappa shape index (κ2) is 6.51. The van der Waals surface area contributed by atoms with E-state index in [1.165, 1.54) is 0 Å². The lowest BCUT2D eigenvalue weighted by molar-refractivity contribution is 0.0349. The molecule has 0 N–H and O–H groups in total. The molecule has 0 spiro atoms. The van der Waals surface area contributed by atoms with Crippen molar-refractivity contribution >= 4 is 18.7 Å². The van der Waals surface area contributed by atoms with E-state index in [1.54, 1.807) is 0 Å². The van der Waals surface area contributed by atoms with Gasteiger partial charge in [0.05, 0.1) is 0 Å². The van der Waals surface area contributed by atoms with Gasteiger partial charge in [-0.3, -0.25) is 0 Å². The van der Waals surface area contributed by atoms with Gasteiger partial charge in [0, 0.05) is 18.6 Å². The molecule has 0 aliphatic carbocycles. The summed E-state index contributed by atoms with van der Waals surface area (Å²) in [5.74, 6) is 0. The molecule has 0 bridgehead atoms. The second-order valence-electron chi connectivity index (χ2n) is 6.49. The minimum absolute atomic E-state index is 0.0744. The van der Waals surface area contributed by atoms with Crippen LogP contribution in [0.15, 0.2) is 60.7 Å². The lowest BCUT2D eigenvalue weighted by Crippen LogP contribution is -2.41. The maximum atomic E-state index is 5.99.